The molecule has 1 atom stereocenters. The zero-order chi connectivity index (χ0) is 9.40. The monoisotopic (exact) mass is 222 g/mol. The molecule has 0 amide bonds. The molecule has 1 unspecified atom stereocenters. The van der Waals surface area contributed by atoms with Crippen LogP contribution in [0, 0.1) is 0 Å². The van der Waals surface area contributed by atoms with Gasteiger partial charge in [-0.25, -0.2) is 0 Å². The summed E-state index contributed by atoms with van der Waals surface area (Å²) in [5.41, 5.74) is 1.63. The predicted octanol–water partition coefficient (Wildman–Crippen LogP) is 4.43. The fourth-order valence-electron chi connectivity index (χ4n) is 0.936. The van der Waals surface area contributed by atoms with E-state index in [4.69, 9.17) is 0 Å². The van der Waals surface area contributed by atoms with Crippen LogP contribution in [0.3, 0.4) is 0 Å². The highest BCUT2D eigenvalue weighted by atomic mass is 33.1. The number of hydrogen-bond donors (Lipinski definition) is 0. The molecule has 0 aromatic rings. The van der Waals surface area contributed by atoms with Crippen molar-refractivity contribution in [3.63, 3.8) is 0 Å². The summed E-state index contributed by atoms with van der Waals surface area (Å²) < 4.78 is 0. The van der Waals surface area contributed by atoms with Crippen molar-refractivity contribution in [2.45, 2.75) is 31.9 Å². The van der Waals surface area contributed by atoms with Gasteiger partial charge in [0.1, 0.15) is 0 Å². The maximum atomic E-state index is 2.30. The molecule has 1 rings (SSSR count). The first-order chi connectivity index (χ1) is 5.79. The molecule has 0 spiro atoms. The van der Waals surface area contributed by atoms with E-state index in [1.54, 1.807) is 17.3 Å². The molecule has 0 bridgehead atoms. The third kappa shape index (κ3) is 4.73. The summed E-state index contributed by atoms with van der Waals surface area (Å²) in [6, 6.07) is 0. The van der Waals surface area contributed by atoms with Crippen molar-refractivity contribution in [1.82, 2.24) is 0 Å². The second kappa shape index (κ2) is 8.39. The molecule has 0 fully saturated rings. The van der Waals surface area contributed by atoms with Gasteiger partial charge in [-0.1, -0.05) is 35.4 Å². The Kier molecular flexibility index (Phi) is 8.94. The molecule has 1 heterocycles. The summed E-state index contributed by atoms with van der Waals surface area (Å²) in [7, 11) is 3.89. The van der Waals surface area contributed by atoms with E-state index in [1.165, 1.54) is 12.8 Å². The Labute approximate surface area is 88.7 Å². The van der Waals surface area contributed by atoms with Gasteiger partial charge in [0.2, 0.25) is 0 Å². The molecule has 0 saturated heterocycles. The summed E-state index contributed by atoms with van der Waals surface area (Å²) in [5, 5.41) is 3.12. The van der Waals surface area contributed by atoms with E-state index in [-0.39, 0.29) is 0 Å². The first-order valence-electron chi connectivity index (χ1n) is 4.21. The van der Waals surface area contributed by atoms with E-state index < -0.39 is 0 Å². The van der Waals surface area contributed by atoms with E-state index in [9.17, 15) is 0 Å². The first kappa shape index (κ1) is 12.8. The minimum absolute atomic E-state index is 0.819. The zero-order valence-electron chi connectivity index (χ0n) is 8.29. The van der Waals surface area contributed by atoms with E-state index in [2.05, 4.69) is 19.3 Å². The molecule has 72 valence electrons. The van der Waals surface area contributed by atoms with Crippen LogP contribution in [0.2, 0.25) is 0 Å². The van der Waals surface area contributed by atoms with Gasteiger partial charge < -0.3 is 0 Å². The molecule has 0 aromatic carbocycles. The summed E-state index contributed by atoms with van der Waals surface area (Å²) in [6.45, 7) is 4.49. The van der Waals surface area contributed by atoms with E-state index in [0.717, 1.165) is 5.25 Å². The van der Waals surface area contributed by atoms with Gasteiger partial charge in [-0.3, -0.25) is 0 Å². The fourth-order valence-corrected chi connectivity index (χ4v) is 3.88. The third-order valence-corrected chi connectivity index (χ3v) is 4.26. The second-order valence-corrected chi connectivity index (χ2v) is 5.70. The fraction of sp³-hybridized carbons (Fsp3) is 0.778. The van der Waals surface area contributed by atoms with Gasteiger partial charge in [-0.15, -0.1) is 0 Å². The summed E-state index contributed by atoms with van der Waals surface area (Å²) in [6.07, 6.45) is 6.61. The van der Waals surface area contributed by atoms with Gasteiger partial charge in [0.15, 0.2) is 0 Å². The molecule has 0 aromatic heterocycles. The summed E-state index contributed by atoms with van der Waals surface area (Å²) in [5.74, 6) is 0. The molecule has 0 aliphatic carbocycles. The van der Waals surface area contributed by atoms with Crippen LogP contribution in [-0.4, -0.2) is 17.8 Å². The Balaban J connectivity index is 0.000000354. The van der Waals surface area contributed by atoms with Gasteiger partial charge in [-0.2, -0.15) is 11.8 Å². The molecule has 0 N–H and O–H groups in total. The van der Waals surface area contributed by atoms with Crippen LogP contribution in [0.1, 0.15) is 26.7 Å². The molecule has 0 radical (unpaired) electrons. The standard InChI is InChI=1S/C7H12S2.C2H6S/c1-3-6-5-8-9-7(6)4-2;1-3-2/h5,7H,3-4H2,1-2H3;1-2H3. The Morgan fingerprint density at radius 1 is 1.42 bits per heavy atom. The maximum Gasteiger partial charge on any atom is 0.0369 e. The van der Waals surface area contributed by atoms with Crippen molar-refractivity contribution in [2.24, 2.45) is 0 Å². The van der Waals surface area contributed by atoms with Crippen molar-refractivity contribution in [3.8, 4) is 0 Å². The van der Waals surface area contributed by atoms with Crippen molar-refractivity contribution in [3.05, 3.63) is 11.0 Å². The maximum absolute atomic E-state index is 2.30. The van der Waals surface area contributed by atoms with Crippen LogP contribution in [0.25, 0.3) is 0 Å². The van der Waals surface area contributed by atoms with Crippen LogP contribution >= 0.6 is 33.3 Å². The third-order valence-electron chi connectivity index (χ3n) is 1.56. The summed E-state index contributed by atoms with van der Waals surface area (Å²) in [4.78, 5) is 0. The highest BCUT2D eigenvalue weighted by Crippen LogP contribution is 2.42. The van der Waals surface area contributed by atoms with Crippen LogP contribution in [0.4, 0.5) is 0 Å². The minimum atomic E-state index is 0.819. The van der Waals surface area contributed by atoms with Crippen LogP contribution < -0.4 is 0 Å². The molecule has 1 aliphatic rings. The highest BCUT2D eigenvalue weighted by Gasteiger charge is 2.16. The Morgan fingerprint density at radius 3 is 2.33 bits per heavy atom. The SMILES string of the molecule is CCC1=CSSC1CC.CSC. The largest absolute Gasteiger partial charge is 0.169 e. The van der Waals surface area contributed by atoms with Gasteiger partial charge >= 0.3 is 0 Å². The normalized spacial score (nSPS) is 21.3. The summed E-state index contributed by atoms with van der Waals surface area (Å²) >= 11 is 1.75. The quantitative estimate of drug-likeness (QED) is 0.634. The Hall–Kier alpha value is 0.790. The van der Waals surface area contributed by atoms with Crippen molar-refractivity contribution >= 4 is 33.3 Å². The average Bonchev–Trinajstić information content (AvgIpc) is 2.52. The molecule has 3 heteroatoms. The molecule has 0 saturated carbocycles. The smallest absolute Gasteiger partial charge is 0.0369 e. The van der Waals surface area contributed by atoms with Gasteiger partial charge in [0, 0.05) is 5.25 Å². The molecule has 1 aliphatic heterocycles. The number of rotatable bonds is 2. The topological polar surface area (TPSA) is 0 Å². The van der Waals surface area contributed by atoms with Gasteiger partial charge in [0.25, 0.3) is 0 Å². The lowest BCUT2D eigenvalue weighted by molar-refractivity contribution is 0.886. The van der Waals surface area contributed by atoms with E-state index >= 15 is 0 Å². The lowest BCUT2D eigenvalue weighted by Crippen LogP contribution is -1.98. The molecular weight excluding hydrogens is 204 g/mol. The molecule has 12 heavy (non-hydrogen) atoms. The van der Waals surface area contributed by atoms with E-state index in [1.807, 2.05) is 34.1 Å². The van der Waals surface area contributed by atoms with E-state index in [0.29, 0.717) is 0 Å². The molecular formula is C9H18S3. The highest BCUT2D eigenvalue weighted by molar-refractivity contribution is 8.78. The molecule has 0 nitrogen and oxygen atoms in total. The van der Waals surface area contributed by atoms with Crippen molar-refractivity contribution in [1.29, 1.82) is 0 Å². The number of thioether (sulfide) groups is 1. The minimum Gasteiger partial charge on any atom is -0.169 e. The lowest BCUT2D eigenvalue weighted by Gasteiger charge is -2.06. The van der Waals surface area contributed by atoms with Crippen molar-refractivity contribution < 1.29 is 0 Å². The van der Waals surface area contributed by atoms with Crippen LogP contribution in [0.5, 0.6) is 0 Å². The average molecular weight is 222 g/mol. The van der Waals surface area contributed by atoms with Gasteiger partial charge in [0.05, 0.1) is 0 Å². The first-order valence-corrected chi connectivity index (χ1v) is 8.12. The lowest BCUT2D eigenvalue weighted by atomic mass is 10.1. The predicted molar refractivity (Wildman–Crippen MR) is 67.1 cm³/mol. The second-order valence-electron chi connectivity index (χ2n) is 2.54. The van der Waals surface area contributed by atoms with Crippen LogP contribution in [0.15, 0.2) is 11.0 Å². The zero-order valence-corrected chi connectivity index (χ0v) is 10.7. The number of hydrogen-bond acceptors (Lipinski definition) is 3. The van der Waals surface area contributed by atoms with Crippen molar-refractivity contribution in [2.75, 3.05) is 12.5 Å². The van der Waals surface area contributed by atoms with Crippen LogP contribution in [-0.2, 0) is 0 Å². The van der Waals surface area contributed by atoms with Gasteiger partial charge in [-0.05, 0) is 36.3 Å². The Morgan fingerprint density at radius 2 is 2.00 bits per heavy atom. The Bertz CT molecular complexity index is 132.